The number of hydrogen-bond acceptors (Lipinski definition) is 4. The molecule has 0 spiro atoms. The number of nitrogens with two attached hydrogens (primary N) is 1. The number of aryl methyl sites for hydroxylation is 1. The van der Waals surface area contributed by atoms with E-state index in [1.165, 1.54) is 17.4 Å². The zero-order valence-electron chi connectivity index (χ0n) is 13.1. The molecule has 2 aromatic rings. The van der Waals surface area contributed by atoms with Crippen LogP contribution in [0.25, 0.3) is 0 Å². The lowest BCUT2D eigenvalue weighted by molar-refractivity contribution is -0.116. The Balaban J connectivity index is 0.00000264. The van der Waals surface area contributed by atoms with Crippen LogP contribution in [0, 0.1) is 12.7 Å². The Morgan fingerprint density at radius 3 is 2.78 bits per heavy atom. The van der Waals surface area contributed by atoms with Gasteiger partial charge in [-0.25, -0.2) is 9.37 Å². The molecule has 0 radical (unpaired) electrons. The molecule has 126 valence electrons. The summed E-state index contributed by atoms with van der Waals surface area (Å²) in [6.45, 7) is 3.73. The van der Waals surface area contributed by atoms with Crippen LogP contribution in [-0.4, -0.2) is 16.9 Å². The topological polar surface area (TPSA) is 68.0 Å². The number of nitrogens with zero attached hydrogens (tertiary/aromatic N) is 1. The smallest absolute Gasteiger partial charge is 0.226 e. The Kier molecular flexibility index (Phi) is 7.61. The van der Waals surface area contributed by atoms with Crippen LogP contribution < -0.4 is 11.1 Å². The Morgan fingerprint density at radius 1 is 1.43 bits per heavy atom. The molecule has 1 heterocycles. The Labute approximate surface area is 145 Å². The fourth-order valence-corrected chi connectivity index (χ4v) is 3.00. The minimum Gasteiger partial charge on any atom is -0.328 e. The zero-order valence-corrected chi connectivity index (χ0v) is 14.8. The van der Waals surface area contributed by atoms with Crippen molar-refractivity contribution >= 4 is 34.8 Å². The fraction of sp³-hybridized carbons (Fsp3) is 0.375. The number of benzene rings is 1. The molecule has 0 fully saturated rings. The summed E-state index contributed by atoms with van der Waals surface area (Å²) >= 11 is 1.38. The van der Waals surface area contributed by atoms with Gasteiger partial charge in [-0.05, 0) is 31.9 Å². The minimum absolute atomic E-state index is 0. The molecule has 0 saturated heterocycles. The normalized spacial score (nSPS) is 11.7. The SMILES string of the molecule is Cc1nc(NC(=O)CCC(C)N)sc1Cc1ccccc1F.Cl. The van der Waals surface area contributed by atoms with Crippen molar-refractivity contribution in [3.8, 4) is 0 Å². The van der Waals surface area contributed by atoms with Crippen molar-refractivity contribution in [2.45, 2.75) is 39.2 Å². The number of aromatic nitrogens is 1. The average Bonchev–Trinajstić information content (AvgIpc) is 2.79. The van der Waals surface area contributed by atoms with Gasteiger partial charge >= 0.3 is 0 Å². The van der Waals surface area contributed by atoms with Crippen molar-refractivity contribution in [3.05, 3.63) is 46.2 Å². The highest BCUT2D eigenvalue weighted by atomic mass is 35.5. The van der Waals surface area contributed by atoms with E-state index in [4.69, 9.17) is 5.73 Å². The van der Waals surface area contributed by atoms with Gasteiger partial charge in [0.2, 0.25) is 5.91 Å². The number of rotatable bonds is 6. The quantitative estimate of drug-likeness (QED) is 0.828. The van der Waals surface area contributed by atoms with Gasteiger partial charge in [0.25, 0.3) is 0 Å². The molecule has 1 atom stereocenters. The summed E-state index contributed by atoms with van der Waals surface area (Å²) in [6.07, 6.45) is 1.49. The minimum atomic E-state index is -0.224. The molecule has 3 N–H and O–H groups in total. The van der Waals surface area contributed by atoms with E-state index in [2.05, 4.69) is 10.3 Å². The first-order valence-electron chi connectivity index (χ1n) is 7.21. The van der Waals surface area contributed by atoms with Gasteiger partial charge in [0, 0.05) is 23.8 Å². The second-order valence-corrected chi connectivity index (χ2v) is 6.44. The molecule has 0 bridgehead atoms. The van der Waals surface area contributed by atoms with Crippen LogP contribution in [0.4, 0.5) is 9.52 Å². The van der Waals surface area contributed by atoms with Crippen molar-refractivity contribution in [2.75, 3.05) is 5.32 Å². The van der Waals surface area contributed by atoms with Gasteiger partial charge in [0.1, 0.15) is 5.82 Å². The van der Waals surface area contributed by atoms with Crippen molar-refractivity contribution in [1.82, 2.24) is 4.98 Å². The number of halogens is 2. The molecule has 0 saturated carbocycles. The van der Waals surface area contributed by atoms with Crippen LogP contribution in [0.5, 0.6) is 0 Å². The second-order valence-electron chi connectivity index (χ2n) is 5.36. The van der Waals surface area contributed by atoms with Crippen LogP contribution in [0.15, 0.2) is 24.3 Å². The lowest BCUT2D eigenvalue weighted by Crippen LogP contribution is -2.19. The van der Waals surface area contributed by atoms with Crippen molar-refractivity contribution < 1.29 is 9.18 Å². The molecule has 1 aromatic carbocycles. The van der Waals surface area contributed by atoms with Crippen LogP contribution in [-0.2, 0) is 11.2 Å². The molecule has 4 nitrogen and oxygen atoms in total. The largest absolute Gasteiger partial charge is 0.328 e. The monoisotopic (exact) mass is 357 g/mol. The summed E-state index contributed by atoms with van der Waals surface area (Å²) in [4.78, 5) is 17.1. The summed E-state index contributed by atoms with van der Waals surface area (Å²) < 4.78 is 13.7. The molecule has 7 heteroatoms. The van der Waals surface area contributed by atoms with Crippen LogP contribution >= 0.6 is 23.7 Å². The summed E-state index contributed by atoms with van der Waals surface area (Å²) in [5.41, 5.74) is 7.08. The molecule has 0 aliphatic heterocycles. The second kappa shape index (κ2) is 8.96. The van der Waals surface area contributed by atoms with E-state index in [1.807, 2.05) is 19.9 Å². The van der Waals surface area contributed by atoms with E-state index in [0.29, 0.717) is 30.0 Å². The Bertz CT molecular complexity index is 661. The number of amides is 1. The van der Waals surface area contributed by atoms with E-state index in [0.717, 1.165) is 10.6 Å². The maximum Gasteiger partial charge on any atom is 0.226 e. The average molecular weight is 358 g/mol. The molecule has 1 unspecified atom stereocenters. The van der Waals surface area contributed by atoms with Gasteiger partial charge in [-0.15, -0.1) is 23.7 Å². The number of anilines is 1. The maximum absolute atomic E-state index is 13.7. The molecule has 0 aliphatic carbocycles. The molecule has 23 heavy (non-hydrogen) atoms. The van der Waals surface area contributed by atoms with E-state index in [-0.39, 0.29) is 30.2 Å². The Hall–Kier alpha value is -1.50. The molecular formula is C16H21ClFN3OS. The maximum atomic E-state index is 13.7. The van der Waals surface area contributed by atoms with Crippen molar-refractivity contribution in [2.24, 2.45) is 5.73 Å². The van der Waals surface area contributed by atoms with Gasteiger partial charge in [0.15, 0.2) is 5.13 Å². The first-order chi connectivity index (χ1) is 10.5. The highest BCUT2D eigenvalue weighted by Crippen LogP contribution is 2.26. The number of hydrogen-bond donors (Lipinski definition) is 2. The van der Waals surface area contributed by atoms with E-state index < -0.39 is 0 Å². The summed E-state index contributed by atoms with van der Waals surface area (Å²) in [5.74, 6) is -0.318. The van der Waals surface area contributed by atoms with E-state index in [9.17, 15) is 9.18 Å². The molecule has 0 aliphatic rings. The number of thiazole rings is 1. The summed E-state index contributed by atoms with van der Waals surface area (Å²) in [7, 11) is 0. The third-order valence-electron chi connectivity index (χ3n) is 3.27. The highest BCUT2D eigenvalue weighted by molar-refractivity contribution is 7.15. The first kappa shape index (κ1) is 19.5. The van der Waals surface area contributed by atoms with E-state index >= 15 is 0 Å². The lowest BCUT2D eigenvalue weighted by Gasteiger charge is -2.04. The standard InChI is InChI=1S/C16H20FN3OS.ClH/c1-10(18)7-8-15(21)20-16-19-11(2)14(22-16)9-12-5-3-4-6-13(12)17;/h3-6,10H,7-9,18H2,1-2H3,(H,19,20,21);1H. The fourth-order valence-electron chi connectivity index (χ4n) is 2.00. The van der Waals surface area contributed by atoms with Gasteiger partial charge in [-0.1, -0.05) is 18.2 Å². The molecular weight excluding hydrogens is 337 g/mol. The lowest BCUT2D eigenvalue weighted by atomic mass is 10.1. The zero-order chi connectivity index (χ0) is 16.1. The summed E-state index contributed by atoms with van der Waals surface area (Å²) in [5, 5.41) is 3.33. The van der Waals surface area contributed by atoms with E-state index in [1.54, 1.807) is 12.1 Å². The third kappa shape index (κ3) is 5.89. The predicted molar refractivity (Wildman–Crippen MR) is 94.8 cm³/mol. The molecule has 1 aromatic heterocycles. The van der Waals surface area contributed by atoms with Crippen molar-refractivity contribution in [3.63, 3.8) is 0 Å². The van der Waals surface area contributed by atoms with Gasteiger partial charge in [0.05, 0.1) is 5.69 Å². The number of nitrogens with one attached hydrogen (secondary N) is 1. The molecule has 1 amide bonds. The highest BCUT2D eigenvalue weighted by Gasteiger charge is 2.12. The number of carbonyl (C=O) groups excluding carboxylic acids is 1. The van der Waals surface area contributed by atoms with Gasteiger partial charge < -0.3 is 11.1 Å². The third-order valence-corrected chi connectivity index (χ3v) is 4.35. The van der Waals surface area contributed by atoms with Crippen LogP contribution in [0.2, 0.25) is 0 Å². The first-order valence-corrected chi connectivity index (χ1v) is 8.02. The van der Waals surface area contributed by atoms with Crippen LogP contribution in [0.3, 0.4) is 0 Å². The van der Waals surface area contributed by atoms with Gasteiger partial charge in [-0.2, -0.15) is 0 Å². The number of carbonyl (C=O) groups is 1. The Morgan fingerprint density at radius 2 is 2.13 bits per heavy atom. The molecule has 2 rings (SSSR count). The van der Waals surface area contributed by atoms with Gasteiger partial charge in [-0.3, -0.25) is 4.79 Å². The predicted octanol–water partition coefficient (Wildman–Crippen LogP) is 3.67. The van der Waals surface area contributed by atoms with Crippen molar-refractivity contribution in [1.29, 1.82) is 0 Å². The van der Waals surface area contributed by atoms with Crippen LogP contribution in [0.1, 0.15) is 35.9 Å². The summed E-state index contributed by atoms with van der Waals surface area (Å²) in [6, 6.07) is 6.69.